The predicted octanol–water partition coefficient (Wildman–Crippen LogP) is 4.27. The molecule has 0 spiro atoms. The van der Waals surface area contributed by atoms with Crippen LogP contribution in [0, 0.1) is 18.6 Å². The van der Waals surface area contributed by atoms with E-state index in [4.69, 9.17) is 11.6 Å². The highest BCUT2D eigenvalue weighted by Gasteiger charge is 2.23. The molecule has 1 amide bonds. The predicted molar refractivity (Wildman–Crippen MR) is 126 cm³/mol. The molecule has 0 bridgehead atoms. The van der Waals surface area contributed by atoms with Gasteiger partial charge < -0.3 is 5.32 Å². The second kappa shape index (κ2) is 9.23. The van der Waals surface area contributed by atoms with E-state index in [-0.39, 0.29) is 34.0 Å². The molecule has 1 N–H and O–H groups in total. The summed E-state index contributed by atoms with van der Waals surface area (Å²) in [5.41, 5.74) is 0.453. The lowest BCUT2D eigenvalue weighted by atomic mass is 10.1. The monoisotopic (exact) mass is 483 g/mol. The molecule has 3 aromatic carbocycles. The Morgan fingerprint density at radius 2 is 1.74 bits per heavy atom. The van der Waals surface area contributed by atoms with Crippen molar-refractivity contribution in [3.8, 4) is 5.69 Å². The Labute approximate surface area is 198 Å². The second-order valence-corrected chi connectivity index (χ2v) is 8.34. The lowest BCUT2D eigenvalue weighted by Gasteiger charge is -2.20. The van der Waals surface area contributed by atoms with Crippen LogP contribution < -0.4 is 16.6 Å². The van der Waals surface area contributed by atoms with Gasteiger partial charge in [0.05, 0.1) is 21.6 Å². The molecule has 0 radical (unpaired) electrons. The van der Waals surface area contributed by atoms with Crippen LogP contribution in [0.5, 0.6) is 0 Å². The molecule has 1 aromatic heterocycles. The van der Waals surface area contributed by atoms with Gasteiger partial charge in [0.2, 0.25) is 5.91 Å². The number of carbonyl (C=O) groups is 1. The molecule has 0 saturated heterocycles. The molecule has 0 unspecified atom stereocenters. The first kappa shape index (κ1) is 23.4. The first-order valence-electron chi connectivity index (χ1n) is 10.4. The van der Waals surface area contributed by atoms with Gasteiger partial charge in [0.25, 0.3) is 5.56 Å². The number of aromatic nitrogens is 2. The van der Waals surface area contributed by atoms with Crippen LogP contribution in [0.25, 0.3) is 16.6 Å². The van der Waals surface area contributed by atoms with Crippen LogP contribution in [0.3, 0.4) is 0 Å². The fourth-order valence-electron chi connectivity index (χ4n) is 3.73. The number of benzene rings is 3. The molecule has 174 valence electrons. The van der Waals surface area contributed by atoms with Gasteiger partial charge >= 0.3 is 5.69 Å². The first-order chi connectivity index (χ1) is 16.2. The maximum atomic E-state index is 13.7. The molecule has 34 heavy (non-hydrogen) atoms. The van der Waals surface area contributed by atoms with E-state index in [0.29, 0.717) is 5.56 Å². The number of carbonyl (C=O) groups excluding carboxylic acids is 1. The van der Waals surface area contributed by atoms with Gasteiger partial charge in [0.15, 0.2) is 0 Å². The molecule has 4 aromatic rings. The van der Waals surface area contributed by atoms with Gasteiger partial charge in [-0.05, 0) is 61.9 Å². The Kier molecular flexibility index (Phi) is 6.34. The molecule has 0 aliphatic rings. The topological polar surface area (TPSA) is 73.1 Å². The molecule has 1 atom stereocenters. The van der Waals surface area contributed by atoms with E-state index in [1.807, 2.05) is 0 Å². The fraction of sp³-hybridized carbons (Fsp3) is 0.160. The molecule has 9 heteroatoms. The highest BCUT2D eigenvalue weighted by atomic mass is 35.5. The van der Waals surface area contributed by atoms with Gasteiger partial charge in [-0.3, -0.25) is 14.2 Å². The Bertz CT molecular complexity index is 1530. The summed E-state index contributed by atoms with van der Waals surface area (Å²) in [4.78, 5) is 39.7. The average molecular weight is 484 g/mol. The third kappa shape index (κ3) is 4.36. The Morgan fingerprint density at radius 3 is 2.41 bits per heavy atom. The third-order valence-corrected chi connectivity index (χ3v) is 5.84. The van der Waals surface area contributed by atoms with E-state index in [0.717, 1.165) is 16.2 Å². The molecule has 6 nitrogen and oxygen atoms in total. The van der Waals surface area contributed by atoms with Crippen molar-refractivity contribution < 1.29 is 13.6 Å². The average Bonchev–Trinajstić information content (AvgIpc) is 2.81. The quantitative estimate of drug-likeness (QED) is 0.461. The van der Waals surface area contributed by atoms with Gasteiger partial charge in [0, 0.05) is 6.54 Å². The number of amides is 1. The number of aryl methyl sites for hydroxylation is 1. The van der Waals surface area contributed by atoms with Gasteiger partial charge in [-0.15, -0.1) is 0 Å². The van der Waals surface area contributed by atoms with E-state index >= 15 is 0 Å². The third-order valence-electron chi connectivity index (χ3n) is 5.55. The van der Waals surface area contributed by atoms with Crippen molar-refractivity contribution >= 4 is 28.4 Å². The zero-order chi connectivity index (χ0) is 24.6. The summed E-state index contributed by atoms with van der Waals surface area (Å²) in [6.07, 6.45) is 0. The Balaban J connectivity index is 1.83. The van der Waals surface area contributed by atoms with E-state index < -0.39 is 29.0 Å². The molecule has 0 saturated carbocycles. The molecule has 0 aliphatic heterocycles. The number of nitrogens with one attached hydrogen (secondary N) is 1. The minimum Gasteiger partial charge on any atom is -0.350 e. The first-order valence-corrected chi connectivity index (χ1v) is 10.8. The van der Waals surface area contributed by atoms with Crippen LogP contribution in [0.15, 0.2) is 70.3 Å². The summed E-state index contributed by atoms with van der Waals surface area (Å²) in [6.45, 7) is 3.46. The molecule has 0 aliphatic carbocycles. The normalized spacial score (nSPS) is 12.0. The van der Waals surface area contributed by atoms with E-state index in [1.54, 1.807) is 37.3 Å². The smallest absolute Gasteiger partial charge is 0.336 e. The number of rotatable bonds is 5. The van der Waals surface area contributed by atoms with Crippen LogP contribution in [0.1, 0.15) is 24.1 Å². The van der Waals surface area contributed by atoms with E-state index in [9.17, 15) is 23.2 Å². The second-order valence-electron chi connectivity index (χ2n) is 7.93. The van der Waals surface area contributed by atoms with Crippen molar-refractivity contribution in [2.75, 3.05) is 0 Å². The van der Waals surface area contributed by atoms with Crippen molar-refractivity contribution in [1.82, 2.24) is 14.5 Å². The maximum Gasteiger partial charge on any atom is 0.336 e. The number of halogens is 3. The van der Waals surface area contributed by atoms with Crippen molar-refractivity contribution in [2.45, 2.75) is 26.4 Å². The number of nitrogens with zero attached hydrogens (tertiary/aromatic N) is 2. The highest BCUT2D eigenvalue weighted by Crippen LogP contribution is 2.20. The van der Waals surface area contributed by atoms with Crippen LogP contribution >= 0.6 is 11.6 Å². The SMILES string of the molecule is Cc1ccc2c(c1)c(=O)n(-c1ccc(F)c(Cl)c1)c(=O)n2[C@@H](C)C(=O)NCc1ccc(F)cc1. The van der Waals surface area contributed by atoms with Gasteiger partial charge in [-0.1, -0.05) is 35.4 Å². The molecular weight excluding hydrogens is 464 g/mol. The molecule has 4 rings (SSSR count). The molecular formula is C25H20ClF2N3O3. The van der Waals surface area contributed by atoms with Crippen molar-refractivity contribution in [2.24, 2.45) is 0 Å². The molecule has 0 fully saturated rings. The maximum absolute atomic E-state index is 13.7. The van der Waals surface area contributed by atoms with Crippen molar-refractivity contribution in [3.05, 3.63) is 109 Å². The summed E-state index contributed by atoms with van der Waals surface area (Å²) in [6, 6.07) is 13.2. The van der Waals surface area contributed by atoms with Gasteiger partial charge in [0.1, 0.15) is 17.7 Å². The van der Waals surface area contributed by atoms with Crippen LogP contribution in [-0.2, 0) is 11.3 Å². The summed E-state index contributed by atoms with van der Waals surface area (Å²) in [5.74, 6) is -1.56. The van der Waals surface area contributed by atoms with Crippen LogP contribution in [0.2, 0.25) is 5.02 Å². The number of hydrogen-bond donors (Lipinski definition) is 1. The zero-order valence-electron chi connectivity index (χ0n) is 18.3. The lowest BCUT2D eigenvalue weighted by Crippen LogP contribution is -2.43. The molecule has 1 heterocycles. The summed E-state index contributed by atoms with van der Waals surface area (Å²) >= 11 is 5.89. The number of fused-ring (bicyclic) bond motifs is 1. The number of hydrogen-bond acceptors (Lipinski definition) is 3. The Hall–Kier alpha value is -3.78. The zero-order valence-corrected chi connectivity index (χ0v) is 19.1. The van der Waals surface area contributed by atoms with E-state index in [1.165, 1.54) is 35.8 Å². The van der Waals surface area contributed by atoms with Crippen LogP contribution in [-0.4, -0.2) is 15.0 Å². The summed E-state index contributed by atoms with van der Waals surface area (Å²) in [5, 5.41) is 2.71. The summed E-state index contributed by atoms with van der Waals surface area (Å²) < 4.78 is 28.9. The standard InChI is InChI=1S/C25H20ClF2N3O3/c1-14-3-10-22-19(11-14)24(33)31(18-8-9-21(28)20(26)12-18)25(34)30(22)15(2)23(32)29-13-16-4-6-17(27)7-5-16/h3-12,15H,13H2,1-2H3,(H,29,32)/t15-/m0/s1. The minimum atomic E-state index is -0.999. The van der Waals surface area contributed by atoms with Crippen LogP contribution in [0.4, 0.5) is 8.78 Å². The van der Waals surface area contributed by atoms with Crippen molar-refractivity contribution in [1.29, 1.82) is 0 Å². The summed E-state index contributed by atoms with van der Waals surface area (Å²) in [7, 11) is 0. The lowest BCUT2D eigenvalue weighted by molar-refractivity contribution is -0.124. The fourth-order valence-corrected chi connectivity index (χ4v) is 3.91. The van der Waals surface area contributed by atoms with E-state index in [2.05, 4.69) is 5.32 Å². The van der Waals surface area contributed by atoms with Gasteiger partial charge in [-0.2, -0.15) is 0 Å². The largest absolute Gasteiger partial charge is 0.350 e. The highest BCUT2D eigenvalue weighted by molar-refractivity contribution is 6.30. The Morgan fingerprint density at radius 1 is 1.03 bits per heavy atom. The minimum absolute atomic E-state index is 0.0810. The van der Waals surface area contributed by atoms with Crippen molar-refractivity contribution in [3.63, 3.8) is 0 Å². The van der Waals surface area contributed by atoms with Gasteiger partial charge in [-0.25, -0.2) is 18.1 Å².